The number of hydrogen-bond donors (Lipinski definition) is 0. The summed E-state index contributed by atoms with van der Waals surface area (Å²) in [5.41, 5.74) is 1.82. The lowest BCUT2D eigenvalue weighted by molar-refractivity contribution is -0.107. The Labute approximate surface area is 221 Å². The highest BCUT2D eigenvalue weighted by Crippen LogP contribution is 2.32. The molecule has 2 heterocycles. The van der Waals surface area contributed by atoms with E-state index in [1.165, 1.54) is 17.3 Å². The molecule has 0 radical (unpaired) electrons. The van der Waals surface area contributed by atoms with Crippen LogP contribution in [0.2, 0.25) is 0 Å². The average molecular weight is 517 g/mol. The van der Waals surface area contributed by atoms with Crippen molar-refractivity contribution in [2.75, 3.05) is 36.2 Å². The highest BCUT2D eigenvalue weighted by Gasteiger charge is 2.26. The second-order valence-corrected chi connectivity index (χ2v) is 9.06. The number of para-hydroxylation sites is 1. The van der Waals surface area contributed by atoms with Crippen molar-refractivity contribution in [3.63, 3.8) is 0 Å². The normalized spacial score (nSPS) is 13.6. The van der Waals surface area contributed by atoms with Gasteiger partial charge in [0.05, 0.1) is 23.7 Å². The molecular weight excluding hydrogens is 487 g/mol. The lowest BCUT2D eigenvalue weighted by Gasteiger charge is -2.35. The first kappa shape index (κ1) is 26.6. The smallest absolute Gasteiger partial charge is 0.410 e. The van der Waals surface area contributed by atoms with Crippen molar-refractivity contribution in [3.05, 3.63) is 83.9 Å². The zero-order valence-corrected chi connectivity index (χ0v) is 21.3. The zero-order chi connectivity index (χ0) is 27.1. The Morgan fingerprint density at radius 1 is 1.08 bits per heavy atom. The van der Waals surface area contributed by atoms with E-state index in [1.807, 2.05) is 38.1 Å². The van der Waals surface area contributed by atoms with Crippen molar-refractivity contribution in [2.45, 2.75) is 26.5 Å². The van der Waals surface area contributed by atoms with Gasteiger partial charge in [0.1, 0.15) is 17.5 Å². The predicted molar refractivity (Wildman–Crippen MR) is 141 cm³/mol. The maximum Gasteiger partial charge on any atom is 0.410 e. The molecule has 1 aromatic heterocycles. The van der Waals surface area contributed by atoms with Gasteiger partial charge in [0.15, 0.2) is 5.82 Å². The number of anilines is 3. The van der Waals surface area contributed by atoms with Crippen LogP contribution < -0.4 is 10.0 Å². The summed E-state index contributed by atoms with van der Waals surface area (Å²) in [5.74, 6) is -0.524. The van der Waals surface area contributed by atoms with Crippen LogP contribution in [-0.4, -0.2) is 59.6 Å². The maximum absolute atomic E-state index is 15.9. The van der Waals surface area contributed by atoms with Crippen LogP contribution in [-0.2, 0) is 16.1 Å². The SMILES string of the molecule is CC(C)OC(=O)N1CCN(Cc2cccc(N(C=O)N(c3ccccc3)c3ccc(C#N)nc3)c2F)CC1. The van der Waals surface area contributed by atoms with Gasteiger partial charge in [-0.25, -0.2) is 24.2 Å². The Hall–Kier alpha value is -4.49. The minimum atomic E-state index is -0.524. The Kier molecular flexibility index (Phi) is 8.51. The van der Waals surface area contributed by atoms with Crippen molar-refractivity contribution < 1.29 is 18.7 Å². The van der Waals surface area contributed by atoms with E-state index >= 15 is 4.39 Å². The van der Waals surface area contributed by atoms with Gasteiger partial charge in [-0.15, -0.1) is 0 Å². The number of halogens is 1. The second-order valence-electron chi connectivity index (χ2n) is 9.06. The minimum Gasteiger partial charge on any atom is -0.447 e. The van der Waals surface area contributed by atoms with Crippen molar-refractivity contribution >= 4 is 29.6 Å². The molecule has 0 saturated carbocycles. The van der Waals surface area contributed by atoms with Gasteiger partial charge in [-0.3, -0.25) is 9.69 Å². The summed E-state index contributed by atoms with van der Waals surface area (Å²) in [7, 11) is 0. The molecule has 0 aliphatic carbocycles. The average Bonchev–Trinajstić information content (AvgIpc) is 2.94. The van der Waals surface area contributed by atoms with Crippen LogP contribution in [0, 0.1) is 17.1 Å². The molecule has 196 valence electrons. The quantitative estimate of drug-likeness (QED) is 0.322. The van der Waals surface area contributed by atoms with Gasteiger partial charge in [-0.2, -0.15) is 5.26 Å². The number of hydrazine groups is 1. The number of pyridine rings is 1. The van der Waals surface area contributed by atoms with Gasteiger partial charge in [0.2, 0.25) is 6.41 Å². The molecule has 1 saturated heterocycles. The molecule has 1 fully saturated rings. The molecule has 4 rings (SSSR count). The van der Waals surface area contributed by atoms with Gasteiger partial charge >= 0.3 is 6.09 Å². The highest BCUT2D eigenvalue weighted by molar-refractivity contribution is 5.85. The van der Waals surface area contributed by atoms with Crippen LogP contribution in [0.4, 0.5) is 26.2 Å². The topological polar surface area (TPSA) is 93.0 Å². The summed E-state index contributed by atoms with van der Waals surface area (Å²) < 4.78 is 21.2. The van der Waals surface area contributed by atoms with Crippen molar-refractivity contribution in [2.24, 2.45) is 0 Å². The molecule has 1 aliphatic rings. The molecule has 0 unspecified atom stereocenters. The summed E-state index contributed by atoms with van der Waals surface area (Å²) in [4.78, 5) is 32.4. The molecule has 3 aromatic rings. The third-order valence-electron chi connectivity index (χ3n) is 6.09. The van der Waals surface area contributed by atoms with Gasteiger partial charge < -0.3 is 9.64 Å². The minimum absolute atomic E-state index is 0.0739. The van der Waals surface area contributed by atoms with Crippen LogP contribution in [0.5, 0.6) is 0 Å². The Balaban J connectivity index is 1.58. The fraction of sp³-hybridized carbons (Fsp3) is 0.286. The summed E-state index contributed by atoms with van der Waals surface area (Å²) in [6, 6.07) is 19.2. The lowest BCUT2D eigenvalue weighted by Crippen LogP contribution is -2.48. The number of amides is 2. The number of piperazine rings is 1. The molecule has 10 heteroatoms. The lowest BCUT2D eigenvalue weighted by atomic mass is 10.1. The van der Waals surface area contributed by atoms with Gasteiger partial charge in [0.25, 0.3) is 0 Å². The standard InChI is InChI=1S/C28H29FN6O3/c1-21(2)38-28(37)33-15-13-32(14-16-33)19-22-7-6-10-26(27(22)29)34(20-36)35(24-8-4-3-5-9-24)25-12-11-23(17-30)31-18-25/h3-12,18,20-21H,13-16,19H2,1-2H3. The Morgan fingerprint density at radius 2 is 1.82 bits per heavy atom. The van der Waals surface area contributed by atoms with Gasteiger partial charge in [-0.05, 0) is 44.2 Å². The molecule has 1 aliphatic heterocycles. The maximum atomic E-state index is 15.9. The van der Waals surface area contributed by atoms with Gasteiger partial charge in [0, 0.05) is 38.3 Å². The number of carbonyl (C=O) groups excluding carboxylic acids is 2. The van der Waals surface area contributed by atoms with E-state index in [0.29, 0.717) is 56.1 Å². The van der Waals surface area contributed by atoms with Crippen LogP contribution in [0.15, 0.2) is 66.9 Å². The van der Waals surface area contributed by atoms with Crippen LogP contribution in [0.1, 0.15) is 25.1 Å². The van der Waals surface area contributed by atoms with Crippen molar-refractivity contribution in [3.8, 4) is 6.07 Å². The van der Waals surface area contributed by atoms with Crippen LogP contribution >= 0.6 is 0 Å². The zero-order valence-electron chi connectivity index (χ0n) is 21.3. The number of nitrogens with zero attached hydrogens (tertiary/aromatic N) is 6. The Bertz CT molecular complexity index is 1290. The largest absolute Gasteiger partial charge is 0.447 e. The van der Waals surface area contributed by atoms with Crippen LogP contribution in [0.3, 0.4) is 0 Å². The molecule has 0 bridgehead atoms. The molecule has 0 atom stereocenters. The number of aromatic nitrogens is 1. The fourth-order valence-electron chi connectivity index (χ4n) is 4.23. The molecular formula is C28H29FN6O3. The van der Waals surface area contributed by atoms with E-state index in [9.17, 15) is 9.59 Å². The summed E-state index contributed by atoms with van der Waals surface area (Å²) in [6.45, 7) is 6.06. The second kappa shape index (κ2) is 12.2. The van der Waals surface area contributed by atoms with Crippen molar-refractivity contribution in [1.29, 1.82) is 5.26 Å². The molecule has 38 heavy (non-hydrogen) atoms. The third kappa shape index (κ3) is 6.07. The molecule has 0 spiro atoms. The van der Waals surface area contributed by atoms with E-state index in [-0.39, 0.29) is 23.6 Å². The number of ether oxygens (including phenoxy) is 1. The number of hydrogen-bond acceptors (Lipinski definition) is 7. The number of nitriles is 1. The monoisotopic (exact) mass is 516 g/mol. The first-order valence-electron chi connectivity index (χ1n) is 12.3. The predicted octanol–water partition coefficient (Wildman–Crippen LogP) is 4.47. The number of benzene rings is 2. The number of carbonyl (C=O) groups is 2. The van der Waals surface area contributed by atoms with E-state index in [2.05, 4.69) is 9.88 Å². The third-order valence-corrected chi connectivity index (χ3v) is 6.09. The van der Waals surface area contributed by atoms with E-state index < -0.39 is 5.82 Å². The summed E-state index contributed by atoms with van der Waals surface area (Å²) in [6.07, 6.45) is 1.49. The fourth-order valence-corrected chi connectivity index (χ4v) is 4.23. The Morgan fingerprint density at radius 3 is 2.42 bits per heavy atom. The molecule has 2 amide bonds. The molecule has 9 nitrogen and oxygen atoms in total. The first-order valence-corrected chi connectivity index (χ1v) is 12.3. The molecule has 2 aromatic carbocycles. The van der Waals surface area contributed by atoms with E-state index in [1.54, 1.807) is 46.3 Å². The highest BCUT2D eigenvalue weighted by atomic mass is 19.1. The summed E-state index contributed by atoms with van der Waals surface area (Å²) >= 11 is 0. The van der Waals surface area contributed by atoms with E-state index in [4.69, 9.17) is 10.00 Å². The first-order chi connectivity index (χ1) is 18.4. The van der Waals surface area contributed by atoms with Crippen LogP contribution in [0.25, 0.3) is 0 Å². The van der Waals surface area contributed by atoms with E-state index in [0.717, 1.165) is 0 Å². The summed E-state index contributed by atoms with van der Waals surface area (Å²) in [5, 5.41) is 11.9. The van der Waals surface area contributed by atoms with Gasteiger partial charge in [-0.1, -0.05) is 30.3 Å². The van der Waals surface area contributed by atoms with Crippen molar-refractivity contribution in [1.82, 2.24) is 14.8 Å². The molecule has 0 N–H and O–H groups in total. The number of rotatable bonds is 8.